The molecule has 0 bridgehead atoms. The van der Waals surface area contributed by atoms with Crippen molar-refractivity contribution < 1.29 is 0 Å². The van der Waals surface area contributed by atoms with Gasteiger partial charge in [-0.3, -0.25) is 0 Å². The van der Waals surface area contributed by atoms with Crippen LogP contribution in [0.2, 0.25) is 0 Å². The van der Waals surface area contributed by atoms with Crippen LogP contribution in [0.15, 0.2) is 30.3 Å². The zero-order valence-electron chi connectivity index (χ0n) is 8.22. The summed E-state index contributed by atoms with van der Waals surface area (Å²) < 4.78 is 0. The third-order valence-electron chi connectivity index (χ3n) is 2.69. The molecule has 0 saturated carbocycles. The Morgan fingerprint density at radius 3 is 2.92 bits per heavy atom. The van der Waals surface area contributed by atoms with E-state index in [2.05, 4.69) is 37.3 Å². The van der Waals surface area contributed by atoms with Crippen LogP contribution in [0.3, 0.4) is 0 Å². The zero-order chi connectivity index (χ0) is 9.10. The van der Waals surface area contributed by atoms with E-state index in [4.69, 9.17) is 0 Å². The van der Waals surface area contributed by atoms with Gasteiger partial charge < -0.3 is 0 Å². The van der Waals surface area contributed by atoms with Crippen LogP contribution in [0.4, 0.5) is 0 Å². The maximum absolute atomic E-state index is 2.41. The van der Waals surface area contributed by atoms with Gasteiger partial charge in [0.25, 0.3) is 0 Å². The lowest BCUT2D eigenvalue weighted by Gasteiger charge is -2.16. The predicted octanol–water partition coefficient (Wildman–Crippen LogP) is 3.82. The Morgan fingerprint density at radius 1 is 1.23 bits per heavy atom. The maximum Gasteiger partial charge on any atom is -0.0195 e. The molecule has 0 heterocycles. The van der Waals surface area contributed by atoms with Gasteiger partial charge in [-0.25, -0.2) is 0 Å². The van der Waals surface area contributed by atoms with Gasteiger partial charge in [0.05, 0.1) is 0 Å². The van der Waals surface area contributed by atoms with Gasteiger partial charge in [-0.1, -0.05) is 43.7 Å². The summed E-state index contributed by atoms with van der Waals surface area (Å²) in [4.78, 5) is 0. The van der Waals surface area contributed by atoms with E-state index in [0.29, 0.717) is 0 Å². The monoisotopic (exact) mass is 172 g/mol. The first-order chi connectivity index (χ1) is 6.42. The molecule has 2 rings (SSSR count). The van der Waals surface area contributed by atoms with Crippen molar-refractivity contribution in [1.29, 1.82) is 0 Å². The molecule has 0 atom stereocenters. The smallest absolute Gasteiger partial charge is 0.0195 e. The molecule has 0 aliphatic heterocycles. The highest BCUT2D eigenvalue weighted by molar-refractivity contribution is 5.69. The number of fused-ring (bicyclic) bond motifs is 1. The summed E-state index contributed by atoms with van der Waals surface area (Å²) in [5, 5.41) is 0. The van der Waals surface area contributed by atoms with Gasteiger partial charge in [0.2, 0.25) is 0 Å². The molecule has 0 aromatic heterocycles. The fourth-order valence-electron chi connectivity index (χ4n) is 2.07. The van der Waals surface area contributed by atoms with Crippen LogP contribution in [0, 0.1) is 0 Å². The molecule has 0 unspecified atom stereocenters. The molecule has 0 heteroatoms. The van der Waals surface area contributed by atoms with Crippen LogP contribution in [0.5, 0.6) is 0 Å². The third kappa shape index (κ3) is 1.67. The van der Waals surface area contributed by atoms with E-state index in [1.807, 2.05) is 0 Å². The zero-order valence-corrected chi connectivity index (χ0v) is 8.22. The second-order valence-corrected chi connectivity index (χ2v) is 3.68. The summed E-state index contributed by atoms with van der Waals surface area (Å²) in [6.07, 6.45) is 7.35. The average molecular weight is 172 g/mol. The molecule has 1 aromatic carbocycles. The Labute approximate surface area is 80.3 Å². The maximum atomic E-state index is 2.41. The fourth-order valence-corrected chi connectivity index (χ4v) is 2.07. The quantitative estimate of drug-likeness (QED) is 0.636. The summed E-state index contributed by atoms with van der Waals surface area (Å²) in [6, 6.07) is 8.81. The largest absolute Gasteiger partial charge is 0.0804 e. The minimum Gasteiger partial charge on any atom is -0.0804 e. The standard InChI is InChI=1S/C13H16/c1-2-6-11-8-5-9-12-7-3-4-10-13(11)12/h3-4,7-8,10H,2,5-6,9H2,1H3. The summed E-state index contributed by atoms with van der Waals surface area (Å²) in [5.74, 6) is 0. The van der Waals surface area contributed by atoms with Crippen molar-refractivity contribution >= 4 is 5.57 Å². The lowest BCUT2D eigenvalue weighted by Crippen LogP contribution is -1.98. The van der Waals surface area contributed by atoms with Crippen molar-refractivity contribution in [3.63, 3.8) is 0 Å². The molecule has 0 saturated heterocycles. The Kier molecular flexibility index (Phi) is 2.49. The fraction of sp³-hybridized carbons (Fsp3) is 0.385. The van der Waals surface area contributed by atoms with Crippen LogP contribution in [-0.2, 0) is 6.42 Å². The van der Waals surface area contributed by atoms with Crippen LogP contribution in [-0.4, -0.2) is 0 Å². The van der Waals surface area contributed by atoms with Gasteiger partial charge in [-0.05, 0) is 36.0 Å². The highest BCUT2D eigenvalue weighted by atomic mass is 14.1. The highest BCUT2D eigenvalue weighted by Crippen LogP contribution is 2.28. The van der Waals surface area contributed by atoms with Gasteiger partial charge in [0.15, 0.2) is 0 Å². The van der Waals surface area contributed by atoms with Crippen molar-refractivity contribution in [2.24, 2.45) is 0 Å². The second-order valence-electron chi connectivity index (χ2n) is 3.68. The predicted molar refractivity (Wildman–Crippen MR) is 57.6 cm³/mol. The molecule has 0 fully saturated rings. The van der Waals surface area contributed by atoms with Crippen molar-refractivity contribution in [3.05, 3.63) is 41.5 Å². The normalized spacial score (nSPS) is 15.0. The lowest BCUT2D eigenvalue weighted by atomic mass is 9.89. The minimum absolute atomic E-state index is 1.23. The molecule has 0 radical (unpaired) electrons. The molecule has 68 valence electrons. The van der Waals surface area contributed by atoms with Gasteiger partial charge in [-0.15, -0.1) is 0 Å². The SMILES string of the molecule is CCCC1=CCCc2ccccc21. The van der Waals surface area contributed by atoms with E-state index in [9.17, 15) is 0 Å². The van der Waals surface area contributed by atoms with E-state index in [0.717, 1.165) is 0 Å². The van der Waals surface area contributed by atoms with E-state index in [1.165, 1.54) is 36.8 Å². The van der Waals surface area contributed by atoms with Crippen molar-refractivity contribution in [1.82, 2.24) is 0 Å². The Morgan fingerprint density at radius 2 is 2.08 bits per heavy atom. The van der Waals surface area contributed by atoms with Crippen LogP contribution in [0.1, 0.15) is 37.3 Å². The van der Waals surface area contributed by atoms with Crippen molar-refractivity contribution in [2.45, 2.75) is 32.6 Å². The van der Waals surface area contributed by atoms with E-state index >= 15 is 0 Å². The molecule has 1 aromatic rings. The number of hydrogen-bond donors (Lipinski definition) is 0. The summed E-state index contributed by atoms with van der Waals surface area (Å²) in [7, 11) is 0. The van der Waals surface area contributed by atoms with Gasteiger partial charge in [0, 0.05) is 0 Å². The Hall–Kier alpha value is -1.04. The highest BCUT2D eigenvalue weighted by Gasteiger charge is 2.09. The van der Waals surface area contributed by atoms with Crippen molar-refractivity contribution in [2.75, 3.05) is 0 Å². The minimum atomic E-state index is 1.23. The molecule has 1 aliphatic carbocycles. The molecule has 0 nitrogen and oxygen atoms in total. The summed E-state index contributed by atoms with van der Waals surface area (Å²) in [5.41, 5.74) is 4.59. The number of hydrogen-bond acceptors (Lipinski definition) is 0. The lowest BCUT2D eigenvalue weighted by molar-refractivity contribution is 0.920. The first kappa shape index (κ1) is 8.55. The van der Waals surface area contributed by atoms with Gasteiger partial charge >= 0.3 is 0 Å². The topological polar surface area (TPSA) is 0 Å². The summed E-state index contributed by atoms with van der Waals surface area (Å²) >= 11 is 0. The molecule has 1 aliphatic rings. The molecular weight excluding hydrogens is 156 g/mol. The molecule has 0 N–H and O–H groups in total. The Bertz CT molecular complexity index is 321. The number of aryl methyl sites for hydroxylation is 1. The average Bonchev–Trinajstić information content (AvgIpc) is 2.19. The van der Waals surface area contributed by atoms with E-state index in [-0.39, 0.29) is 0 Å². The van der Waals surface area contributed by atoms with E-state index < -0.39 is 0 Å². The number of benzene rings is 1. The molecule has 0 amide bonds. The summed E-state index contributed by atoms with van der Waals surface area (Å²) in [6.45, 7) is 2.25. The van der Waals surface area contributed by atoms with Crippen LogP contribution >= 0.6 is 0 Å². The Balaban J connectivity index is 2.36. The van der Waals surface area contributed by atoms with Crippen LogP contribution in [0.25, 0.3) is 5.57 Å². The second kappa shape index (κ2) is 3.78. The third-order valence-corrected chi connectivity index (χ3v) is 2.69. The first-order valence-corrected chi connectivity index (χ1v) is 5.19. The van der Waals surface area contributed by atoms with Gasteiger partial charge in [-0.2, -0.15) is 0 Å². The molecule has 13 heavy (non-hydrogen) atoms. The van der Waals surface area contributed by atoms with Crippen LogP contribution < -0.4 is 0 Å². The molecular formula is C13H16. The van der Waals surface area contributed by atoms with E-state index in [1.54, 1.807) is 5.57 Å². The number of allylic oxidation sites excluding steroid dienone is 2. The molecule has 0 spiro atoms. The van der Waals surface area contributed by atoms with Crippen molar-refractivity contribution in [3.8, 4) is 0 Å². The van der Waals surface area contributed by atoms with Gasteiger partial charge in [0.1, 0.15) is 0 Å². The number of rotatable bonds is 2. The first-order valence-electron chi connectivity index (χ1n) is 5.19.